The summed E-state index contributed by atoms with van der Waals surface area (Å²) in [4.78, 5) is 26.0. The summed E-state index contributed by atoms with van der Waals surface area (Å²) in [5.74, 6) is -1.37. The SMILES string of the molecule is Cc1cc(I)ccc1NC(=O)C(=O)N(CCO)Cc1ccccc1. The average molecular weight is 438 g/mol. The minimum Gasteiger partial charge on any atom is -0.395 e. The van der Waals surface area contributed by atoms with E-state index in [0.717, 1.165) is 14.7 Å². The standard InChI is InChI=1S/C18H19IN2O3/c1-13-11-15(19)7-8-16(13)20-17(23)18(24)21(9-10-22)12-14-5-3-2-4-6-14/h2-8,11,22H,9-10,12H2,1H3,(H,20,23). The Morgan fingerprint density at radius 3 is 2.50 bits per heavy atom. The zero-order valence-electron chi connectivity index (χ0n) is 13.3. The van der Waals surface area contributed by atoms with Gasteiger partial charge in [-0.05, 0) is 58.8 Å². The van der Waals surface area contributed by atoms with E-state index in [1.807, 2.05) is 49.4 Å². The molecule has 0 spiro atoms. The molecule has 5 nitrogen and oxygen atoms in total. The van der Waals surface area contributed by atoms with Crippen LogP contribution in [0, 0.1) is 10.5 Å². The molecule has 2 rings (SSSR count). The third-order valence-electron chi connectivity index (χ3n) is 3.50. The fourth-order valence-electron chi connectivity index (χ4n) is 2.26. The average Bonchev–Trinajstić information content (AvgIpc) is 2.57. The highest BCUT2D eigenvalue weighted by Crippen LogP contribution is 2.18. The second-order valence-corrected chi connectivity index (χ2v) is 6.59. The number of aliphatic hydroxyl groups is 1. The fourth-order valence-corrected chi connectivity index (χ4v) is 2.91. The summed E-state index contributed by atoms with van der Waals surface area (Å²) < 4.78 is 1.06. The molecule has 0 aliphatic rings. The van der Waals surface area contributed by atoms with E-state index in [-0.39, 0.29) is 19.7 Å². The number of halogens is 1. The van der Waals surface area contributed by atoms with Crippen LogP contribution in [0.5, 0.6) is 0 Å². The molecular weight excluding hydrogens is 419 g/mol. The maximum absolute atomic E-state index is 12.4. The lowest BCUT2D eigenvalue weighted by molar-refractivity contribution is -0.143. The predicted octanol–water partition coefficient (Wildman–Crippen LogP) is 2.56. The summed E-state index contributed by atoms with van der Waals surface area (Å²) in [7, 11) is 0. The molecule has 2 amide bonds. The second kappa shape index (κ2) is 8.79. The molecule has 6 heteroatoms. The molecule has 2 N–H and O–H groups in total. The molecule has 0 saturated heterocycles. The lowest BCUT2D eigenvalue weighted by Crippen LogP contribution is -2.40. The van der Waals surface area contributed by atoms with E-state index in [2.05, 4.69) is 27.9 Å². The van der Waals surface area contributed by atoms with Crippen molar-refractivity contribution < 1.29 is 14.7 Å². The molecule has 126 valence electrons. The van der Waals surface area contributed by atoms with Gasteiger partial charge in [0.1, 0.15) is 0 Å². The van der Waals surface area contributed by atoms with E-state index >= 15 is 0 Å². The summed E-state index contributed by atoms with van der Waals surface area (Å²) in [6.45, 7) is 2.05. The topological polar surface area (TPSA) is 69.6 Å². The normalized spacial score (nSPS) is 10.3. The first-order valence-corrected chi connectivity index (χ1v) is 8.60. The molecule has 0 unspecified atom stereocenters. The number of nitrogens with zero attached hydrogens (tertiary/aromatic N) is 1. The maximum atomic E-state index is 12.4. The quantitative estimate of drug-likeness (QED) is 0.557. The van der Waals surface area contributed by atoms with Crippen molar-refractivity contribution in [1.29, 1.82) is 0 Å². The first-order valence-electron chi connectivity index (χ1n) is 7.52. The van der Waals surface area contributed by atoms with Crippen molar-refractivity contribution in [3.8, 4) is 0 Å². The Hall–Kier alpha value is -1.93. The first-order chi connectivity index (χ1) is 11.5. The Morgan fingerprint density at radius 1 is 1.17 bits per heavy atom. The number of carbonyl (C=O) groups is 2. The van der Waals surface area contributed by atoms with Crippen LogP contribution in [0.2, 0.25) is 0 Å². The van der Waals surface area contributed by atoms with Crippen LogP contribution in [0.25, 0.3) is 0 Å². The second-order valence-electron chi connectivity index (χ2n) is 5.35. The number of aryl methyl sites for hydroxylation is 1. The highest BCUT2D eigenvalue weighted by molar-refractivity contribution is 14.1. The molecule has 24 heavy (non-hydrogen) atoms. The Kier molecular flexibility index (Phi) is 6.74. The monoisotopic (exact) mass is 438 g/mol. The van der Waals surface area contributed by atoms with Crippen molar-refractivity contribution in [2.45, 2.75) is 13.5 Å². The molecule has 0 bridgehead atoms. The number of rotatable bonds is 5. The number of nitrogens with one attached hydrogen (secondary N) is 1. The molecule has 2 aromatic rings. The fraction of sp³-hybridized carbons (Fsp3) is 0.222. The molecule has 0 fully saturated rings. The van der Waals surface area contributed by atoms with E-state index in [4.69, 9.17) is 0 Å². The molecule has 0 radical (unpaired) electrons. The molecule has 0 heterocycles. The van der Waals surface area contributed by atoms with Gasteiger partial charge in [-0.15, -0.1) is 0 Å². The van der Waals surface area contributed by atoms with Crippen LogP contribution >= 0.6 is 22.6 Å². The van der Waals surface area contributed by atoms with E-state index in [9.17, 15) is 14.7 Å². The lowest BCUT2D eigenvalue weighted by atomic mass is 10.2. The van der Waals surface area contributed by atoms with Crippen molar-refractivity contribution in [2.24, 2.45) is 0 Å². The number of amides is 2. The molecule has 0 aliphatic heterocycles. The van der Waals surface area contributed by atoms with E-state index in [1.165, 1.54) is 4.90 Å². The highest BCUT2D eigenvalue weighted by Gasteiger charge is 2.22. The number of carbonyl (C=O) groups excluding carboxylic acids is 2. The molecule has 0 aliphatic carbocycles. The van der Waals surface area contributed by atoms with Gasteiger partial charge in [0.2, 0.25) is 0 Å². The summed E-state index contributed by atoms with van der Waals surface area (Å²) in [6.07, 6.45) is 0. The Labute approximate surface area is 154 Å². The van der Waals surface area contributed by atoms with Crippen molar-refractivity contribution in [1.82, 2.24) is 4.90 Å². The summed E-state index contributed by atoms with van der Waals surface area (Å²) in [6, 6.07) is 14.9. The van der Waals surface area contributed by atoms with Gasteiger partial charge < -0.3 is 15.3 Å². The number of hydrogen-bond acceptors (Lipinski definition) is 3. The number of hydrogen-bond donors (Lipinski definition) is 2. The molecule has 0 aromatic heterocycles. The van der Waals surface area contributed by atoms with Crippen molar-refractivity contribution in [3.05, 3.63) is 63.2 Å². The molecule has 0 atom stereocenters. The van der Waals surface area contributed by atoms with Crippen LogP contribution in [0.1, 0.15) is 11.1 Å². The van der Waals surface area contributed by atoms with Gasteiger partial charge in [0.15, 0.2) is 0 Å². The minimum atomic E-state index is -0.705. The smallest absolute Gasteiger partial charge is 0.313 e. The van der Waals surface area contributed by atoms with Crippen LogP contribution in [-0.4, -0.2) is 35.0 Å². The number of anilines is 1. The maximum Gasteiger partial charge on any atom is 0.313 e. The third kappa shape index (κ3) is 5.04. The van der Waals surface area contributed by atoms with Gasteiger partial charge in [0, 0.05) is 22.3 Å². The summed E-state index contributed by atoms with van der Waals surface area (Å²) in [5.41, 5.74) is 2.40. The van der Waals surface area contributed by atoms with Crippen LogP contribution in [0.3, 0.4) is 0 Å². The van der Waals surface area contributed by atoms with Gasteiger partial charge >= 0.3 is 11.8 Å². The Morgan fingerprint density at radius 2 is 1.88 bits per heavy atom. The summed E-state index contributed by atoms with van der Waals surface area (Å²) >= 11 is 2.19. The van der Waals surface area contributed by atoms with E-state index < -0.39 is 11.8 Å². The number of aliphatic hydroxyl groups excluding tert-OH is 1. The van der Waals surface area contributed by atoms with Crippen LogP contribution in [0.4, 0.5) is 5.69 Å². The van der Waals surface area contributed by atoms with Crippen molar-refractivity contribution in [3.63, 3.8) is 0 Å². The van der Waals surface area contributed by atoms with Crippen LogP contribution in [-0.2, 0) is 16.1 Å². The van der Waals surface area contributed by atoms with Gasteiger partial charge in [-0.25, -0.2) is 0 Å². The van der Waals surface area contributed by atoms with Crippen LogP contribution in [0.15, 0.2) is 48.5 Å². The van der Waals surface area contributed by atoms with Crippen molar-refractivity contribution in [2.75, 3.05) is 18.5 Å². The zero-order valence-corrected chi connectivity index (χ0v) is 15.5. The number of benzene rings is 2. The third-order valence-corrected chi connectivity index (χ3v) is 4.18. The molecule has 2 aromatic carbocycles. The van der Waals surface area contributed by atoms with Gasteiger partial charge in [0.25, 0.3) is 0 Å². The largest absolute Gasteiger partial charge is 0.395 e. The van der Waals surface area contributed by atoms with Gasteiger partial charge in [0.05, 0.1) is 6.61 Å². The lowest BCUT2D eigenvalue weighted by Gasteiger charge is -2.21. The van der Waals surface area contributed by atoms with Crippen LogP contribution < -0.4 is 5.32 Å². The summed E-state index contributed by atoms with van der Waals surface area (Å²) in [5, 5.41) is 11.8. The zero-order chi connectivity index (χ0) is 17.5. The van der Waals surface area contributed by atoms with E-state index in [0.29, 0.717) is 5.69 Å². The van der Waals surface area contributed by atoms with E-state index in [1.54, 1.807) is 6.07 Å². The minimum absolute atomic E-state index is 0.104. The Balaban J connectivity index is 2.09. The van der Waals surface area contributed by atoms with Gasteiger partial charge in [-0.2, -0.15) is 0 Å². The molecule has 0 saturated carbocycles. The highest BCUT2D eigenvalue weighted by atomic mass is 127. The molecular formula is C18H19IN2O3. The van der Waals surface area contributed by atoms with Gasteiger partial charge in [-0.1, -0.05) is 30.3 Å². The van der Waals surface area contributed by atoms with Gasteiger partial charge in [-0.3, -0.25) is 9.59 Å². The Bertz CT molecular complexity index is 719. The van der Waals surface area contributed by atoms with Crippen molar-refractivity contribution >= 4 is 40.1 Å². The predicted molar refractivity (Wildman–Crippen MR) is 101 cm³/mol. The first kappa shape index (κ1) is 18.4.